The van der Waals surface area contributed by atoms with Crippen molar-refractivity contribution in [2.75, 3.05) is 11.9 Å². The quantitative estimate of drug-likeness (QED) is 0.715. The van der Waals surface area contributed by atoms with Crippen LogP contribution in [0.4, 0.5) is 5.00 Å². The number of hydrogen-bond donors (Lipinski definition) is 1. The maximum atomic E-state index is 4.40. The minimum Gasteiger partial charge on any atom is -0.375 e. The van der Waals surface area contributed by atoms with Crippen LogP contribution in [0, 0.1) is 0 Å². The van der Waals surface area contributed by atoms with Crippen LogP contribution in [0.25, 0.3) is 10.9 Å². The first-order valence-corrected chi connectivity index (χ1v) is 6.63. The van der Waals surface area contributed by atoms with Gasteiger partial charge in [-0.05, 0) is 30.1 Å². The van der Waals surface area contributed by atoms with Gasteiger partial charge in [0.2, 0.25) is 0 Å². The van der Waals surface area contributed by atoms with Crippen molar-refractivity contribution in [2.24, 2.45) is 0 Å². The van der Waals surface area contributed by atoms with E-state index in [0.29, 0.717) is 0 Å². The summed E-state index contributed by atoms with van der Waals surface area (Å²) in [5, 5.41) is 13.5. The van der Waals surface area contributed by atoms with Gasteiger partial charge >= 0.3 is 0 Å². The van der Waals surface area contributed by atoms with E-state index in [1.807, 2.05) is 29.1 Å². The molecule has 3 aromatic rings. The van der Waals surface area contributed by atoms with E-state index in [1.165, 1.54) is 16.9 Å². The second kappa shape index (κ2) is 5.14. The lowest BCUT2D eigenvalue weighted by atomic mass is 10.2. The number of hydrogen-bond acceptors (Lipinski definition) is 5. The largest absolute Gasteiger partial charge is 0.375 e. The van der Waals surface area contributed by atoms with E-state index in [-0.39, 0.29) is 0 Å². The van der Waals surface area contributed by atoms with Gasteiger partial charge in [0, 0.05) is 24.7 Å². The van der Waals surface area contributed by atoms with Gasteiger partial charge in [-0.15, -0.1) is 5.10 Å². The third kappa shape index (κ3) is 2.33. The Kier molecular flexibility index (Phi) is 3.18. The zero-order valence-electron chi connectivity index (χ0n) is 9.78. The molecule has 1 aromatic carbocycles. The normalized spacial score (nSPS) is 10.9. The SMILES string of the molecule is c1ccc2c(NCCCn3ccnn3)snc2c1. The van der Waals surface area contributed by atoms with Gasteiger partial charge in [0.15, 0.2) is 0 Å². The summed E-state index contributed by atoms with van der Waals surface area (Å²) in [5.74, 6) is 0. The van der Waals surface area contributed by atoms with Crippen molar-refractivity contribution >= 4 is 27.4 Å². The monoisotopic (exact) mass is 259 g/mol. The molecule has 92 valence electrons. The summed E-state index contributed by atoms with van der Waals surface area (Å²) in [6.07, 6.45) is 4.59. The minimum atomic E-state index is 0.879. The van der Waals surface area contributed by atoms with E-state index in [9.17, 15) is 0 Å². The molecule has 2 heterocycles. The van der Waals surface area contributed by atoms with Gasteiger partial charge < -0.3 is 5.32 Å². The average Bonchev–Trinajstić information content (AvgIpc) is 3.04. The van der Waals surface area contributed by atoms with E-state index >= 15 is 0 Å². The Bertz CT molecular complexity index is 616. The Morgan fingerprint density at radius 1 is 1.28 bits per heavy atom. The van der Waals surface area contributed by atoms with Gasteiger partial charge in [-0.3, -0.25) is 4.68 Å². The van der Waals surface area contributed by atoms with Crippen molar-refractivity contribution in [1.82, 2.24) is 19.4 Å². The van der Waals surface area contributed by atoms with Crippen molar-refractivity contribution in [3.8, 4) is 0 Å². The van der Waals surface area contributed by atoms with Gasteiger partial charge in [-0.2, -0.15) is 4.37 Å². The number of rotatable bonds is 5. The van der Waals surface area contributed by atoms with Crippen molar-refractivity contribution in [2.45, 2.75) is 13.0 Å². The fourth-order valence-corrected chi connectivity index (χ4v) is 2.60. The highest BCUT2D eigenvalue weighted by Crippen LogP contribution is 2.26. The zero-order chi connectivity index (χ0) is 12.2. The van der Waals surface area contributed by atoms with E-state index < -0.39 is 0 Å². The van der Waals surface area contributed by atoms with Gasteiger partial charge in [-0.25, -0.2) is 0 Å². The first kappa shape index (κ1) is 11.2. The molecule has 0 saturated heterocycles. The molecule has 0 aliphatic heterocycles. The maximum Gasteiger partial charge on any atom is 0.117 e. The Balaban J connectivity index is 1.57. The van der Waals surface area contributed by atoms with Crippen LogP contribution in [0.5, 0.6) is 0 Å². The van der Waals surface area contributed by atoms with Gasteiger partial charge in [0.1, 0.15) is 5.00 Å². The average molecular weight is 259 g/mol. The van der Waals surface area contributed by atoms with Gasteiger partial charge in [0.05, 0.1) is 11.7 Å². The summed E-state index contributed by atoms with van der Waals surface area (Å²) < 4.78 is 6.24. The molecule has 0 spiro atoms. The highest BCUT2D eigenvalue weighted by molar-refractivity contribution is 7.11. The highest BCUT2D eigenvalue weighted by atomic mass is 32.1. The van der Waals surface area contributed by atoms with Crippen LogP contribution in [0.15, 0.2) is 36.7 Å². The smallest absolute Gasteiger partial charge is 0.117 e. The number of anilines is 1. The molecule has 6 heteroatoms. The molecule has 0 bridgehead atoms. The Labute approximate surface area is 109 Å². The predicted octanol–water partition coefficient (Wildman–Crippen LogP) is 2.39. The van der Waals surface area contributed by atoms with Gasteiger partial charge in [-0.1, -0.05) is 17.3 Å². The molecular formula is C12H13N5S. The number of nitrogens with zero attached hydrogens (tertiary/aromatic N) is 4. The van der Waals surface area contributed by atoms with E-state index in [1.54, 1.807) is 6.20 Å². The van der Waals surface area contributed by atoms with E-state index in [0.717, 1.165) is 30.0 Å². The molecular weight excluding hydrogens is 246 g/mol. The molecule has 0 radical (unpaired) electrons. The van der Waals surface area contributed by atoms with Crippen molar-refractivity contribution < 1.29 is 0 Å². The van der Waals surface area contributed by atoms with Crippen LogP contribution in [-0.2, 0) is 6.54 Å². The fraction of sp³-hybridized carbons (Fsp3) is 0.250. The zero-order valence-corrected chi connectivity index (χ0v) is 10.6. The maximum absolute atomic E-state index is 4.40. The Morgan fingerprint density at radius 3 is 3.11 bits per heavy atom. The summed E-state index contributed by atoms with van der Waals surface area (Å²) in [4.78, 5) is 0. The molecule has 18 heavy (non-hydrogen) atoms. The van der Waals surface area contributed by atoms with E-state index in [2.05, 4.69) is 26.1 Å². The molecule has 0 saturated carbocycles. The molecule has 1 N–H and O–H groups in total. The summed E-state index contributed by atoms with van der Waals surface area (Å²) >= 11 is 1.51. The fourth-order valence-electron chi connectivity index (χ4n) is 1.81. The first-order valence-electron chi connectivity index (χ1n) is 5.86. The van der Waals surface area contributed by atoms with Crippen molar-refractivity contribution in [3.63, 3.8) is 0 Å². The lowest BCUT2D eigenvalue weighted by Crippen LogP contribution is -2.06. The van der Waals surface area contributed by atoms with E-state index in [4.69, 9.17) is 0 Å². The third-order valence-electron chi connectivity index (χ3n) is 2.71. The second-order valence-electron chi connectivity index (χ2n) is 3.98. The van der Waals surface area contributed by atoms with Gasteiger partial charge in [0.25, 0.3) is 0 Å². The first-order chi connectivity index (χ1) is 8.93. The molecule has 0 unspecified atom stereocenters. The van der Waals surface area contributed by atoms with Crippen LogP contribution in [0.2, 0.25) is 0 Å². The number of nitrogens with one attached hydrogen (secondary N) is 1. The van der Waals surface area contributed by atoms with Crippen molar-refractivity contribution in [3.05, 3.63) is 36.7 Å². The lowest BCUT2D eigenvalue weighted by molar-refractivity contribution is 0.570. The Hall–Kier alpha value is -1.95. The summed E-state index contributed by atoms with van der Waals surface area (Å²) in [5.41, 5.74) is 1.06. The Morgan fingerprint density at radius 2 is 2.22 bits per heavy atom. The summed E-state index contributed by atoms with van der Waals surface area (Å²) in [6, 6.07) is 8.18. The van der Waals surface area contributed by atoms with Crippen LogP contribution < -0.4 is 5.32 Å². The van der Waals surface area contributed by atoms with Crippen LogP contribution >= 0.6 is 11.5 Å². The number of aryl methyl sites for hydroxylation is 1. The number of benzene rings is 1. The topological polar surface area (TPSA) is 55.6 Å². The molecule has 0 amide bonds. The molecule has 0 aliphatic rings. The highest BCUT2D eigenvalue weighted by Gasteiger charge is 2.03. The molecule has 3 rings (SSSR count). The minimum absolute atomic E-state index is 0.879. The summed E-state index contributed by atoms with van der Waals surface area (Å²) in [6.45, 7) is 1.79. The van der Waals surface area contributed by atoms with Crippen LogP contribution in [0.1, 0.15) is 6.42 Å². The third-order valence-corrected chi connectivity index (χ3v) is 3.54. The predicted molar refractivity (Wildman–Crippen MR) is 72.7 cm³/mol. The van der Waals surface area contributed by atoms with Crippen molar-refractivity contribution in [1.29, 1.82) is 0 Å². The van der Waals surface area contributed by atoms with Crippen LogP contribution in [0.3, 0.4) is 0 Å². The summed E-state index contributed by atoms with van der Waals surface area (Å²) in [7, 11) is 0. The standard InChI is InChI=1S/C12H13N5S/c1-2-5-11-10(4-1)12(18-15-11)13-6-3-8-17-9-7-14-16-17/h1-2,4-5,7,9,13H,3,6,8H2. The second-order valence-corrected chi connectivity index (χ2v) is 4.75. The molecule has 0 atom stereocenters. The molecule has 0 fully saturated rings. The lowest BCUT2D eigenvalue weighted by Gasteiger charge is -2.03. The number of aromatic nitrogens is 4. The molecule has 0 aliphatic carbocycles. The van der Waals surface area contributed by atoms with Crippen LogP contribution in [-0.4, -0.2) is 25.9 Å². The molecule has 5 nitrogen and oxygen atoms in total. The number of fused-ring (bicyclic) bond motifs is 1. The molecule has 2 aromatic heterocycles.